The lowest BCUT2D eigenvalue weighted by Gasteiger charge is -2.13. The summed E-state index contributed by atoms with van der Waals surface area (Å²) in [5, 5.41) is 10.2. The van der Waals surface area contributed by atoms with Gasteiger partial charge in [-0.3, -0.25) is 0 Å². The van der Waals surface area contributed by atoms with Gasteiger partial charge in [0.25, 0.3) is 0 Å². The summed E-state index contributed by atoms with van der Waals surface area (Å²) in [5.41, 5.74) is 4.62. The maximum atomic E-state index is 10.2. The van der Waals surface area contributed by atoms with E-state index in [1.54, 1.807) is 6.21 Å². The summed E-state index contributed by atoms with van der Waals surface area (Å²) in [5.74, 6) is 2.17. The van der Waals surface area contributed by atoms with Crippen LogP contribution in [0.15, 0.2) is 82.2 Å². The van der Waals surface area contributed by atoms with E-state index in [-0.39, 0.29) is 0 Å². The highest BCUT2D eigenvalue weighted by Gasteiger charge is 2.24. The van der Waals surface area contributed by atoms with Crippen molar-refractivity contribution < 1.29 is 4.42 Å². The predicted molar refractivity (Wildman–Crippen MR) is 126 cm³/mol. The molecule has 0 unspecified atom stereocenters. The standard InChI is InChI=1S/C27H25N3O/c1-3-4-17-30-26(22-13-9-6-10-14-22)25(21-11-7-5-8-12-21)24(18-28)27(30)29-19-23-16-15-20(2)31-23/h5-16,19H,3-4,17H2,1-2H3/b29-19+. The van der Waals surface area contributed by atoms with Crippen molar-refractivity contribution in [3.63, 3.8) is 0 Å². The van der Waals surface area contributed by atoms with E-state index < -0.39 is 0 Å². The maximum Gasteiger partial charge on any atom is 0.151 e. The predicted octanol–water partition coefficient (Wildman–Crippen LogP) is 7.15. The molecule has 0 saturated heterocycles. The van der Waals surface area contributed by atoms with E-state index >= 15 is 0 Å². The molecule has 0 aliphatic rings. The molecule has 2 aromatic heterocycles. The van der Waals surface area contributed by atoms with Crippen LogP contribution in [0, 0.1) is 18.3 Å². The van der Waals surface area contributed by atoms with Crippen molar-refractivity contribution in [1.82, 2.24) is 4.57 Å². The smallest absolute Gasteiger partial charge is 0.151 e. The first kappa shape index (κ1) is 20.4. The molecule has 4 nitrogen and oxygen atoms in total. The zero-order valence-corrected chi connectivity index (χ0v) is 17.9. The lowest BCUT2D eigenvalue weighted by molar-refractivity contribution is 0.528. The zero-order valence-electron chi connectivity index (χ0n) is 17.9. The lowest BCUT2D eigenvalue weighted by atomic mass is 9.98. The Labute approximate surface area is 183 Å². The van der Waals surface area contributed by atoms with E-state index in [0.29, 0.717) is 17.1 Å². The van der Waals surface area contributed by atoms with Gasteiger partial charge in [-0.1, -0.05) is 74.0 Å². The van der Waals surface area contributed by atoms with Crippen LogP contribution < -0.4 is 0 Å². The van der Waals surface area contributed by atoms with Crippen molar-refractivity contribution in [1.29, 1.82) is 5.26 Å². The van der Waals surface area contributed by atoms with Gasteiger partial charge in [-0.05, 0) is 36.6 Å². The van der Waals surface area contributed by atoms with Gasteiger partial charge in [-0.25, -0.2) is 4.99 Å². The third-order valence-corrected chi connectivity index (χ3v) is 5.27. The Morgan fingerprint density at radius 1 is 0.968 bits per heavy atom. The molecule has 0 aliphatic heterocycles. The number of rotatable bonds is 7. The summed E-state index contributed by atoms with van der Waals surface area (Å²) in [7, 11) is 0. The summed E-state index contributed by atoms with van der Waals surface area (Å²) in [4.78, 5) is 4.77. The molecule has 0 amide bonds. The third-order valence-electron chi connectivity index (χ3n) is 5.27. The molecule has 0 fully saturated rings. The van der Waals surface area contributed by atoms with Gasteiger partial charge in [0, 0.05) is 12.1 Å². The summed E-state index contributed by atoms with van der Waals surface area (Å²) in [6.07, 6.45) is 3.75. The molecule has 4 heteroatoms. The largest absolute Gasteiger partial charge is 0.460 e. The van der Waals surface area contributed by atoms with Gasteiger partial charge in [0.2, 0.25) is 0 Å². The minimum atomic E-state index is 0.584. The molecular formula is C27H25N3O. The molecular weight excluding hydrogens is 382 g/mol. The van der Waals surface area contributed by atoms with Crippen molar-refractivity contribution in [2.45, 2.75) is 33.2 Å². The van der Waals surface area contributed by atoms with E-state index in [2.05, 4.69) is 41.8 Å². The fraction of sp³-hybridized carbons (Fsp3) is 0.185. The highest BCUT2D eigenvalue weighted by Crippen LogP contribution is 2.42. The number of hydrogen-bond acceptors (Lipinski definition) is 3. The van der Waals surface area contributed by atoms with Gasteiger partial charge < -0.3 is 8.98 Å². The van der Waals surface area contributed by atoms with Crippen LogP contribution in [0.25, 0.3) is 22.4 Å². The number of unbranched alkanes of at least 4 members (excludes halogenated alkanes) is 1. The number of aryl methyl sites for hydroxylation is 1. The molecule has 4 rings (SSSR count). The van der Waals surface area contributed by atoms with Crippen molar-refractivity contribution in [3.8, 4) is 28.5 Å². The number of hydrogen-bond donors (Lipinski definition) is 0. The minimum absolute atomic E-state index is 0.584. The van der Waals surface area contributed by atoms with Crippen LogP contribution in [0.2, 0.25) is 0 Å². The monoisotopic (exact) mass is 407 g/mol. The molecule has 0 aliphatic carbocycles. The summed E-state index contributed by atoms with van der Waals surface area (Å²) in [6.45, 7) is 4.86. The summed E-state index contributed by atoms with van der Waals surface area (Å²) < 4.78 is 7.85. The number of aliphatic imine (C=N–C) groups is 1. The Kier molecular flexibility index (Phi) is 6.14. The van der Waals surface area contributed by atoms with Crippen LogP contribution >= 0.6 is 0 Å². The summed E-state index contributed by atoms with van der Waals surface area (Å²) >= 11 is 0. The van der Waals surface area contributed by atoms with Crippen LogP contribution in [0.1, 0.15) is 36.8 Å². The van der Waals surface area contributed by atoms with E-state index in [1.807, 2.05) is 55.5 Å². The van der Waals surface area contributed by atoms with Gasteiger partial charge in [0.05, 0.1) is 11.9 Å². The van der Waals surface area contributed by atoms with Crippen molar-refractivity contribution in [3.05, 3.63) is 89.9 Å². The first-order chi connectivity index (χ1) is 15.2. The van der Waals surface area contributed by atoms with Crippen LogP contribution in [-0.4, -0.2) is 10.8 Å². The molecule has 0 saturated carbocycles. The number of nitrogens with zero attached hydrogens (tertiary/aromatic N) is 3. The molecule has 4 aromatic rings. The summed E-state index contributed by atoms with van der Waals surface area (Å²) in [6, 6.07) is 26.6. The SMILES string of the molecule is CCCCn1c(/N=C/c2ccc(C)o2)c(C#N)c(-c2ccccc2)c1-c1ccccc1. The topological polar surface area (TPSA) is 54.2 Å². The molecule has 0 atom stereocenters. The van der Waals surface area contributed by atoms with E-state index in [9.17, 15) is 5.26 Å². The van der Waals surface area contributed by atoms with Gasteiger partial charge in [-0.2, -0.15) is 5.26 Å². The Morgan fingerprint density at radius 2 is 1.65 bits per heavy atom. The number of furan rings is 1. The molecule has 2 aromatic carbocycles. The third kappa shape index (κ3) is 4.22. The molecule has 31 heavy (non-hydrogen) atoms. The van der Waals surface area contributed by atoms with E-state index in [4.69, 9.17) is 9.41 Å². The second-order valence-corrected chi connectivity index (χ2v) is 7.48. The fourth-order valence-corrected chi connectivity index (χ4v) is 3.81. The number of benzene rings is 2. The van der Waals surface area contributed by atoms with Gasteiger partial charge in [0.1, 0.15) is 23.2 Å². The first-order valence-corrected chi connectivity index (χ1v) is 10.6. The van der Waals surface area contributed by atoms with Crippen LogP contribution in [0.3, 0.4) is 0 Å². The second-order valence-electron chi connectivity index (χ2n) is 7.48. The molecule has 0 radical (unpaired) electrons. The van der Waals surface area contributed by atoms with Crippen molar-refractivity contribution in [2.75, 3.05) is 0 Å². The molecule has 2 heterocycles. The van der Waals surface area contributed by atoms with Crippen LogP contribution in [0.5, 0.6) is 0 Å². The maximum absolute atomic E-state index is 10.2. The fourth-order valence-electron chi connectivity index (χ4n) is 3.81. The zero-order chi connectivity index (χ0) is 21.6. The van der Waals surface area contributed by atoms with E-state index in [0.717, 1.165) is 47.5 Å². The Balaban J connectivity index is 2.00. The Hall–Kier alpha value is -3.84. The molecule has 154 valence electrons. The van der Waals surface area contributed by atoms with Crippen molar-refractivity contribution >= 4 is 12.0 Å². The Morgan fingerprint density at radius 3 is 2.23 bits per heavy atom. The molecule has 0 bridgehead atoms. The average molecular weight is 408 g/mol. The van der Waals surface area contributed by atoms with E-state index in [1.165, 1.54) is 0 Å². The average Bonchev–Trinajstić information content (AvgIpc) is 3.37. The molecule has 0 spiro atoms. The number of nitriles is 1. The van der Waals surface area contributed by atoms with Crippen molar-refractivity contribution in [2.24, 2.45) is 4.99 Å². The lowest BCUT2D eigenvalue weighted by Crippen LogP contribution is -2.00. The van der Waals surface area contributed by atoms with Gasteiger partial charge >= 0.3 is 0 Å². The number of aromatic nitrogens is 1. The highest BCUT2D eigenvalue weighted by atomic mass is 16.3. The van der Waals surface area contributed by atoms with Gasteiger partial charge in [0.15, 0.2) is 5.82 Å². The van der Waals surface area contributed by atoms with Crippen LogP contribution in [0.4, 0.5) is 5.82 Å². The normalized spacial score (nSPS) is 11.1. The Bertz CT molecular complexity index is 1220. The quantitative estimate of drug-likeness (QED) is 0.306. The second kappa shape index (κ2) is 9.32. The van der Waals surface area contributed by atoms with Gasteiger partial charge in [-0.15, -0.1) is 0 Å². The highest BCUT2D eigenvalue weighted by molar-refractivity contribution is 5.92. The first-order valence-electron chi connectivity index (χ1n) is 10.6. The van der Waals surface area contributed by atoms with Crippen LogP contribution in [-0.2, 0) is 6.54 Å². The minimum Gasteiger partial charge on any atom is -0.460 e. The molecule has 0 N–H and O–H groups in total.